The predicted octanol–water partition coefficient (Wildman–Crippen LogP) is 1.47. The van der Waals surface area contributed by atoms with E-state index < -0.39 is 0 Å². The van der Waals surface area contributed by atoms with Crippen molar-refractivity contribution >= 4 is 5.91 Å². The zero-order valence-corrected chi connectivity index (χ0v) is 10.3. The molecule has 4 heteroatoms. The molecule has 0 fully saturated rings. The zero-order chi connectivity index (χ0) is 11.7. The maximum Gasteiger partial charge on any atom is 0.236 e. The fourth-order valence-electron chi connectivity index (χ4n) is 0.877. The Kier molecular flexibility index (Phi) is 8.33. The molecule has 0 heterocycles. The van der Waals surface area contributed by atoms with E-state index in [9.17, 15) is 4.79 Å². The van der Waals surface area contributed by atoms with Gasteiger partial charge in [-0.1, -0.05) is 27.2 Å². The molecule has 0 aliphatic carbocycles. The summed E-state index contributed by atoms with van der Waals surface area (Å²) in [7, 11) is 0. The van der Waals surface area contributed by atoms with Crippen LogP contribution in [-0.4, -0.2) is 25.1 Å². The van der Waals surface area contributed by atoms with Gasteiger partial charge in [0.25, 0.3) is 0 Å². The van der Waals surface area contributed by atoms with Crippen LogP contribution in [0.3, 0.4) is 0 Å². The minimum atomic E-state index is -0.0206. The van der Waals surface area contributed by atoms with Crippen molar-refractivity contribution in [3.8, 4) is 0 Å². The molecule has 0 aromatic rings. The summed E-state index contributed by atoms with van der Waals surface area (Å²) in [6, 6.07) is 0.204. The number of hydroxylamine groups is 1. The van der Waals surface area contributed by atoms with Gasteiger partial charge in [-0.25, -0.2) is 0 Å². The minimum Gasteiger partial charge on any atom is -0.352 e. The molecular weight excluding hydrogens is 192 g/mol. The van der Waals surface area contributed by atoms with E-state index in [1.54, 1.807) is 0 Å². The van der Waals surface area contributed by atoms with E-state index in [1.165, 1.54) is 0 Å². The average Bonchev–Trinajstić information content (AvgIpc) is 2.17. The quantitative estimate of drug-likeness (QED) is 0.477. The third-order valence-electron chi connectivity index (χ3n) is 2.32. The van der Waals surface area contributed by atoms with Crippen molar-refractivity contribution < 1.29 is 9.63 Å². The molecule has 0 rings (SSSR count). The number of carbonyl (C=O) groups excluding carboxylic acids is 1. The molecule has 90 valence electrons. The average molecular weight is 216 g/mol. The highest BCUT2D eigenvalue weighted by Gasteiger charge is 2.09. The number of rotatable bonds is 8. The molecule has 0 spiro atoms. The molecule has 1 atom stereocenters. The fraction of sp³-hybridized carbons (Fsp3) is 0.909. The third kappa shape index (κ3) is 8.39. The van der Waals surface area contributed by atoms with Crippen LogP contribution in [0.4, 0.5) is 0 Å². The molecular formula is C11H24N2O2. The second-order valence-corrected chi connectivity index (χ2v) is 4.12. The lowest BCUT2D eigenvalue weighted by Gasteiger charge is -2.17. The summed E-state index contributed by atoms with van der Waals surface area (Å²) in [6.07, 6.45) is 2.11. The predicted molar refractivity (Wildman–Crippen MR) is 61.3 cm³/mol. The van der Waals surface area contributed by atoms with Crippen LogP contribution in [0.5, 0.6) is 0 Å². The first kappa shape index (κ1) is 14.4. The van der Waals surface area contributed by atoms with Gasteiger partial charge in [-0.15, -0.1) is 0 Å². The summed E-state index contributed by atoms with van der Waals surface area (Å²) >= 11 is 0. The molecule has 0 aliphatic rings. The largest absolute Gasteiger partial charge is 0.352 e. The zero-order valence-electron chi connectivity index (χ0n) is 10.3. The Morgan fingerprint density at radius 3 is 2.53 bits per heavy atom. The summed E-state index contributed by atoms with van der Waals surface area (Å²) in [6.45, 7) is 9.14. The smallest absolute Gasteiger partial charge is 0.236 e. The maximum atomic E-state index is 11.3. The Bertz CT molecular complexity index is 172. The topological polar surface area (TPSA) is 50.4 Å². The Balaban J connectivity index is 3.41. The van der Waals surface area contributed by atoms with Gasteiger partial charge in [0.2, 0.25) is 5.91 Å². The summed E-state index contributed by atoms with van der Waals surface area (Å²) < 4.78 is 0. The summed E-state index contributed by atoms with van der Waals surface area (Å²) in [5, 5.41) is 2.89. The van der Waals surface area contributed by atoms with Gasteiger partial charge < -0.3 is 10.2 Å². The molecule has 0 aromatic carbocycles. The molecule has 1 unspecified atom stereocenters. The molecule has 0 bridgehead atoms. The number of hydrogen-bond donors (Lipinski definition) is 2. The van der Waals surface area contributed by atoms with Crippen LogP contribution in [0.15, 0.2) is 0 Å². The van der Waals surface area contributed by atoms with Crippen molar-refractivity contribution in [2.75, 3.05) is 13.2 Å². The van der Waals surface area contributed by atoms with Crippen LogP contribution in [0.1, 0.15) is 40.5 Å². The first-order valence-electron chi connectivity index (χ1n) is 5.72. The Morgan fingerprint density at radius 1 is 1.33 bits per heavy atom. The van der Waals surface area contributed by atoms with E-state index in [-0.39, 0.29) is 18.5 Å². The van der Waals surface area contributed by atoms with Crippen molar-refractivity contribution in [2.24, 2.45) is 5.92 Å². The molecule has 2 N–H and O–H groups in total. The van der Waals surface area contributed by atoms with E-state index in [2.05, 4.69) is 31.6 Å². The van der Waals surface area contributed by atoms with Crippen molar-refractivity contribution in [1.82, 2.24) is 10.8 Å². The van der Waals surface area contributed by atoms with E-state index in [0.717, 1.165) is 12.8 Å². The second-order valence-electron chi connectivity index (χ2n) is 4.12. The summed E-state index contributed by atoms with van der Waals surface area (Å²) in [5.74, 6) is 0.433. The lowest BCUT2D eigenvalue weighted by molar-refractivity contribution is -0.123. The van der Waals surface area contributed by atoms with Crippen LogP contribution in [-0.2, 0) is 9.63 Å². The van der Waals surface area contributed by atoms with Gasteiger partial charge in [0.05, 0.1) is 13.2 Å². The molecule has 0 radical (unpaired) electrons. The second kappa shape index (κ2) is 8.68. The van der Waals surface area contributed by atoms with E-state index in [4.69, 9.17) is 4.84 Å². The molecule has 0 aromatic heterocycles. The number of hydrogen-bond acceptors (Lipinski definition) is 3. The van der Waals surface area contributed by atoms with Crippen LogP contribution < -0.4 is 10.8 Å². The molecule has 4 nitrogen and oxygen atoms in total. The monoisotopic (exact) mass is 216 g/mol. The Hall–Kier alpha value is -0.610. The van der Waals surface area contributed by atoms with E-state index in [0.29, 0.717) is 12.5 Å². The van der Waals surface area contributed by atoms with Crippen LogP contribution in [0.25, 0.3) is 0 Å². The lowest BCUT2D eigenvalue weighted by atomic mass is 10.1. The van der Waals surface area contributed by atoms with Gasteiger partial charge in [-0.05, 0) is 19.3 Å². The molecule has 0 saturated carbocycles. The Labute approximate surface area is 92.7 Å². The minimum absolute atomic E-state index is 0.0206. The lowest BCUT2D eigenvalue weighted by Crippen LogP contribution is -2.41. The van der Waals surface area contributed by atoms with Crippen molar-refractivity contribution in [1.29, 1.82) is 0 Å². The third-order valence-corrected chi connectivity index (χ3v) is 2.32. The maximum absolute atomic E-state index is 11.3. The highest BCUT2D eigenvalue weighted by atomic mass is 16.6. The van der Waals surface area contributed by atoms with Crippen molar-refractivity contribution in [3.05, 3.63) is 0 Å². The van der Waals surface area contributed by atoms with Crippen molar-refractivity contribution in [2.45, 2.75) is 46.6 Å². The van der Waals surface area contributed by atoms with Crippen LogP contribution in [0, 0.1) is 5.92 Å². The van der Waals surface area contributed by atoms with Crippen molar-refractivity contribution in [3.63, 3.8) is 0 Å². The summed E-state index contributed by atoms with van der Waals surface area (Å²) in [5.41, 5.74) is 2.65. The van der Waals surface area contributed by atoms with Gasteiger partial charge in [0, 0.05) is 6.04 Å². The Morgan fingerprint density at radius 2 is 2.00 bits per heavy atom. The highest BCUT2D eigenvalue weighted by Crippen LogP contribution is 1.98. The van der Waals surface area contributed by atoms with E-state index >= 15 is 0 Å². The van der Waals surface area contributed by atoms with Crippen LogP contribution >= 0.6 is 0 Å². The molecule has 1 amide bonds. The van der Waals surface area contributed by atoms with Gasteiger partial charge in [0.1, 0.15) is 0 Å². The number of amides is 1. The first-order chi connectivity index (χ1) is 7.07. The molecule has 15 heavy (non-hydrogen) atoms. The van der Waals surface area contributed by atoms with Gasteiger partial charge >= 0.3 is 0 Å². The number of unbranched alkanes of at least 4 members (excludes halogenated alkanes) is 1. The standard InChI is InChI=1S/C11H24N2O2/c1-5-6-7-15-12-8-11(14)13-10(4)9(2)3/h9-10,12H,5-8H2,1-4H3,(H,13,14). The fourth-order valence-corrected chi connectivity index (χ4v) is 0.877. The van der Waals surface area contributed by atoms with Gasteiger partial charge in [-0.3, -0.25) is 4.79 Å². The van der Waals surface area contributed by atoms with Gasteiger partial charge in [-0.2, -0.15) is 5.48 Å². The first-order valence-corrected chi connectivity index (χ1v) is 5.72. The van der Waals surface area contributed by atoms with E-state index in [1.807, 2.05) is 6.92 Å². The van der Waals surface area contributed by atoms with Crippen LogP contribution in [0.2, 0.25) is 0 Å². The summed E-state index contributed by atoms with van der Waals surface area (Å²) in [4.78, 5) is 16.4. The SMILES string of the molecule is CCCCONCC(=O)NC(C)C(C)C. The molecule has 0 aliphatic heterocycles. The number of carbonyl (C=O) groups is 1. The van der Waals surface area contributed by atoms with Gasteiger partial charge in [0.15, 0.2) is 0 Å². The normalized spacial score (nSPS) is 12.9. The molecule has 0 saturated heterocycles. The highest BCUT2D eigenvalue weighted by molar-refractivity contribution is 5.78. The number of nitrogens with one attached hydrogen (secondary N) is 2.